The Morgan fingerprint density at radius 2 is 2.00 bits per heavy atom. The lowest BCUT2D eigenvalue weighted by Crippen LogP contribution is -2.33. The minimum absolute atomic E-state index is 0.00430. The van der Waals surface area contributed by atoms with Crippen LogP contribution in [0.5, 0.6) is 11.5 Å². The molecule has 1 amide bonds. The highest BCUT2D eigenvalue weighted by atomic mass is 79.9. The van der Waals surface area contributed by atoms with E-state index in [0.29, 0.717) is 22.9 Å². The molecule has 3 rings (SSSR count). The number of carbonyl (C=O) groups excluding carboxylic acids is 1. The maximum Gasteiger partial charge on any atom is 0.265 e. The molecule has 0 saturated heterocycles. The molecule has 0 spiro atoms. The van der Waals surface area contributed by atoms with Gasteiger partial charge in [0, 0.05) is 17.6 Å². The lowest BCUT2D eigenvalue weighted by molar-refractivity contribution is 0.0960. The molecule has 0 heterocycles. The maximum absolute atomic E-state index is 13.1. The number of carbonyl (C=O) groups is 1. The van der Waals surface area contributed by atoms with Crippen LogP contribution in [-0.2, 0) is 15.4 Å². The average molecular weight is 529 g/mol. The fourth-order valence-electron chi connectivity index (χ4n) is 3.37. The monoisotopic (exact) mass is 527 g/mol. The number of rotatable bonds is 6. The van der Waals surface area contributed by atoms with E-state index in [2.05, 4.69) is 32.0 Å². The summed E-state index contributed by atoms with van der Waals surface area (Å²) in [5, 5.41) is 23.0. The zero-order valence-electron chi connectivity index (χ0n) is 16.6. The van der Waals surface area contributed by atoms with Crippen LogP contribution in [0.3, 0.4) is 0 Å². The lowest BCUT2D eigenvalue weighted by Gasteiger charge is -2.36. The Labute approximate surface area is 193 Å². The van der Waals surface area contributed by atoms with Gasteiger partial charge in [0.2, 0.25) is 0 Å². The molecule has 2 aromatic rings. The topological polar surface area (TPSA) is 129 Å². The number of methoxy groups -OCH3 is 1. The third-order valence-electron chi connectivity index (χ3n) is 5.30. The van der Waals surface area contributed by atoms with Gasteiger partial charge in [-0.25, -0.2) is 8.42 Å². The Kier molecular flexibility index (Phi) is 6.41. The van der Waals surface area contributed by atoms with Crippen LogP contribution in [0.25, 0.3) is 0 Å². The van der Waals surface area contributed by atoms with Crippen LogP contribution in [0.2, 0.25) is 5.02 Å². The molecule has 31 heavy (non-hydrogen) atoms. The zero-order chi connectivity index (χ0) is 23.0. The smallest absolute Gasteiger partial charge is 0.265 e. The van der Waals surface area contributed by atoms with E-state index < -0.39 is 27.1 Å². The third kappa shape index (κ3) is 4.18. The number of hydrogen-bond donors (Lipinski definition) is 3. The van der Waals surface area contributed by atoms with E-state index in [4.69, 9.17) is 16.3 Å². The molecule has 1 aliphatic rings. The van der Waals surface area contributed by atoms with Crippen molar-refractivity contribution in [2.75, 3.05) is 18.9 Å². The summed E-state index contributed by atoms with van der Waals surface area (Å²) in [5.41, 5.74) is -0.730. The Morgan fingerprint density at radius 1 is 1.32 bits per heavy atom. The molecular formula is C20H19BrClN3O5S. The number of aromatic hydroxyl groups is 1. The number of nitrogens with one attached hydrogen (secondary N) is 2. The first kappa shape index (κ1) is 23.2. The molecule has 0 atom stereocenters. The van der Waals surface area contributed by atoms with Crippen molar-refractivity contribution in [1.82, 2.24) is 5.32 Å². The van der Waals surface area contributed by atoms with E-state index in [0.717, 1.165) is 6.42 Å². The molecule has 0 aliphatic heterocycles. The van der Waals surface area contributed by atoms with Crippen LogP contribution in [0, 0.1) is 11.3 Å². The van der Waals surface area contributed by atoms with E-state index >= 15 is 0 Å². The first-order chi connectivity index (χ1) is 14.6. The largest absolute Gasteiger partial charge is 0.505 e. The van der Waals surface area contributed by atoms with Gasteiger partial charge < -0.3 is 15.2 Å². The number of benzene rings is 2. The summed E-state index contributed by atoms with van der Waals surface area (Å²) >= 11 is 9.21. The number of anilines is 1. The summed E-state index contributed by atoms with van der Waals surface area (Å²) in [7, 11) is -1.58. The highest BCUT2D eigenvalue weighted by Gasteiger charge is 2.40. The van der Waals surface area contributed by atoms with Gasteiger partial charge in [0.15, 0.2) is 5.75 Å². The standard InChI is InChI=1S/C20H19BrClN3O5S/c1-24-19(27)12-6-11(20(10-23)4-3-5-20)7-15(18(12)26)25-31(28,29)17-8-13(21)14(22)9-16(17)30-2/h6-9,25-26H,3-5H2,1-2H3,(H,24,27). The highest BCUT2D eigenvalue weighted by molar-refractivity contribution is 9.10. The lowest BCUT2D eigenvalue weighted by atomic mass is 9.65. The maximum atomic E-state index is 13.1. The predicted octanol–water partition coefficient (Wildman–Crippen LogP) is 3.92. The SMILES string of the molecule is CNC(=O)c1cc(C2(C#N)CCC2)cc(NS(=O)(=O)c2cc(Br)c(Cl)cc2OC)c1O. The number of phenols is 1. The molecule has 2 aromatic carbocycles. The summed E-state index contributed by atoms with van der Waals surface area (Å²) in [4.78, 5) is 12.1. The Morgan fingerprint density at radius 3 is 2.52 bits per heavy atom. The molecule has 1 fully saturated rings. The van der Waals surface area contributed by atoms with E-state index in [-0.39, 0.29) is 26.9 Å². The van der Waals surface area contributed by atoms with Crippen molar-refractivity contribution in [2.24, 2.45) is 0 Å². The summed E-state index contributed by atoms with van der Waals surface area (Å²) in [6, 6.07) is 7.68. The number of ether oxygens (including phenoxy) is 1. The van der Waals surface area contributed by atoms with E-state index in [1.807, 2.05) is 0 Å². The minimum Gasteiger partial charge on any atom is -0.505 e. The molecule has 164 valence electrons. The second-order valence-electron chi connectivity index (χ2n) is 7.07. The van der Waals surface area contributed by atoms with Crippen molar-refractivity contribution < 1.29 is 23.1 Å². The molecule has 0 unspecified atom stereocenters. The van der Waals surface area contributed by atoms with Crippen LogP contribution < -0.4 is 14.8 Å². The van der Waals surface area contributed by atoms with Crippen LogP contribution in [0.4, 0.5) is 5.69 Å². The van der Waals surface area contributed by atoms with Gasteiger partial charge in [0.05, 0.1) is 34.9 Å². The molecule has 11 heteroatoms. The summed E-state index contributed by atoms with van der Waals surface area (Å²) < 4.78 is 34.1. The van der Waals surface area contributed by atoms with Crippen molar-refractivity contribution in [3.05, 3.63) is 44.9 Å². The molecule has 8 nitrogen and oxygen atoms in total. The highest BCUT2D eigenvalue weighted by Crippen LogP contribution is 2.46. The Bertz CT molecular complexity index is 1210. The number of hydrogen-bond acceptors (Lipinski definition) is 6. The van der Waals surface area contributed by atoms with Gasteiger partial charge >= 0.3 is 0 Å². The fraction of sp³-hybridized carbons (Fsp3) is 0.300. The number of amides is 1. The van der Waals surface area contributed by atoms with Crippen LogP contribution in [-0.4, -0.2) is 33.6 Å². The van der Waals surface area contributed by atoms with Crippen LogP contribution in [0.15, 0.2) is 33.6 Å². The number of halogens is 2. The second kappa shape index (κ2) is 8.57. The Balaban J connectivity index is 2.16. The van der Waals surface area contributed by atoms with Crippen LogP contribution in [0.1, 0.15) is 35.2 Å². The first-order valence-electron chi connectivity index (χ1n) is 9.15. The average Bonchev–Trinajstić information content (AvgIpc) is 2.70. The number of phenolic OH excluding ortho intramolecular Hbond substituents is 1. The number of nitrogens with zero attached hydrogens (tertiary/aromatic N) is 1. The molecule has 0 aromatic heterocycles. The van der Waals surface area contributed by atoms with Gasteiger partial charge in [-0.3, -0.25) is 9.52 Å². The minimum atomic E-state index is -4.26. The molecule has 0 bridgehead atoms. The molecule has 3 N–H and O–H groups in total. The van der Waals surface area contributed by atoms with E-state index in [1.54, 1.807) is 0 Å². The van der Waals surface area contributed by atoms with Crippen molar-refractivity contribution in [3.63, 3.8) is 0 Å². The number of nitriles is 1. The van der Waals surface area contributed by atoms with E-state index in [9.17, 15) is 23.6 Å². The van der Waals surface area contributed by atoms with Gasteiger partial charge in [-0.15, -0.1) is 0 Å². The summed E-state index contributed by atoms with van der Waals surface area (Å²) in [6.07, 6.45) is 1.98. The van der Waals surface area contributed by atoms with Crippen LogP contribution >= 0.6 is 27.5 Å². The van der Waals surface area contributed by atoms with Gasteiger partial charge in [0.25, 0.3) is 15.9 Å². The molecule has 1 aliphatic carbocycles. The Hall–Kier alpha value is -2.48. The van der Waals surface area contributed by atoms with Crippen molar-refractivity contribution in [1.29, 1.82) is 5.26 Å². The summed E-state index contributed by atoms with van der Waals surface area (Å²) in [5.74, 6) is -1.17. The van der Waals surface area contributed by atoms with Gasteiger partial charge in [-0.05, 0) is 59.0 Å². The molecule has 1 saturated carbocycles. The fourth-order valence-corrected chi connectivity index (χ4v) is 5.26. The first-order valence-corrected chi connectivity index (χ1v) is 11.8. The third-order valence-corrected chi connectivity index (χ3v) is 7.88. The zero-order valence-corrected chi connectivity index (χ0v) is 19.8. The van der Waals surface area contributed by atoms with Gasteiger partial charge in [-0.2, -0.15) is 5.26 Å². The van der Waals surface area contributed by atoms with Crippen molar-refractivity contribution >= 4 is 49.1 Å². The molecular weight excluding hydrogens is 510 g/mol. The van der Waals surface area contributed by atoms with Crippen molar-refractivity contribution in [3.8, 4) is 17.6 Å². The van der Waals surface area contributed by atoms with Gasteiger partial charge in [0.1, 0.15) is 10.6 Å². The quantitative estimate of drug-likeness (QED) is 0.488. The van der Waals surface area contributed by atoms with Crippen molar-refractivity contribution in [2.45, 2.75) is 29.6 Å². The normalized spacial score (nSPS) is 14.8. The second-order valence-corrected chi connectivity index (χ2v) is 9.98. The van der Waals surface area contributed by atoms with E-state index in [1.165, 1.54) is 38.4 Å². The number of sulfonamides is 1. The summed E-state index contributed by atoms with van der Waals surface area (Å²) in [6.45, 7) is 0. The van der Waals surface area contributed by atoms with Gasteiger partial charge in [-0.1, -0.05) is 11.6 Å². The predicted molar refractivity (Wildman–Crippen MR) is 119 cm³/mol. The molecule has 0 radical (unpaired) electrons.